The number of ether oxygens (including phenoxy) is 2. The zero-order valence-corrected chi connectivity index (χ0v) is 11.7. The quantitative estimate of drug-likeness (QED) is 0.655. The number of hydrogen-bond donors (Lipinski definition) is 1. The van der Waals surface area contributed by atoms with E-state index in [0.29, 0.717) is 6.07 Å². The number of hydrogen-bond acceptors (Lipinski definition) is 5. The van der Waals surface area contributed by atoms with Crippen molar-refractivity contribution in [2.75, 3.05) is 6.61 Å². The summed E-state index contributed by atoms with van der Waals surface area (Å²) in [6, 6.07) is 0.470. The van der Waals surface area contributed by atoms with Crippen LogP contribution in [0.2, 0.25) is 0 Å². The Morgan fingerprint density at radius 1 is 1.26 bits per heavy atom. The molecule has 2 N–H and O–H groups in total. The Morgan fingerprint density at radius 2 is 1.87 bits per heavy atom. The fraction of sp³-hybridized carbons (Fsp3) is 0.500. The first kappa shape index (κ1) is 19.0. The van der Waals surface area contributed by atoms with Gasteiger partial charge in [-0.15, -0.1) is 13.2 Å². The van der Waals surface area contributed by atoms with E-state index in [1.54, 1.807) is 0 Å². The Bertz CT molecular complexity index is 571. The number of carbonyl (C=O) groups excluding carboxylic acids is 1. The standard InChI is InChI=1S/C12H12F6N2O3/c1-2-22-9(21)4-7-6(5-19)3-8(11(13,14)15)20-10(7)23-12(16,17)18/h3H,2,4-5,19H2,1H3. The predicted molar refractivity (Wildman–Crippen MR) is 64.2 cm³/mol. The van der Waals surface area contributed by atoms with Gasteiger partial charge in [-0.3, -0.25) is 4.79 Å². The van der Waals surface area contributed by atoms with Gasteiger partial charge in [0.25, 0.3) is 0 Å². The number of nitrogens with two attached hydrogens (primary N) is 1. The van der Waals surface area contributed by atoms with Gasteiger partial charge >= 0.3 is 18.5 Å². The smallest absolute Gasteiger partial charge is 0.466 e. The summed E-state index contributed by atoms with van der Waals surface area (Å²) in [5, 5.41) is 0. The molecule has 0 aromatic carbocycles. The van der Waals surface area contributed by atoms with Gasteiger partial charge in [0.1, 0.15) is 5.69 Å². The third kappa shape index (κ3) is 5.58. The van der Waals surface area contributed by atoms with E-state index < -0.39 is 48.6 Å². The minimum atomic E-state index is -5.29. The van der Waals surface area contributed by atoms with Crippen LogP contribution < -0.4 is 10.5 Å². The third-order valence-corrected chi connectivity index (χ3v) is 2.53. The van der Waals surface area contributed by atoms with E-state index in [4.69, 9.17) is 5.73 Å². The number of halogens is 6. The Balaban J connectivity index is 3.41. The van der Waals surface area contributed by atoms with Crippen molar-refractivity contribution in [1.29, 1.82) is 0 Å². The normalized spacial score (nSPS) is 12.2. The summed E-state index contributed by atoms with van der Waals surface area (Å²) in [6.45, 7) is 0.856. The lowest BCUT2D eigenvalue weighted by atomic mass is 10.0. The van der Waals surface area contributed by atoms with E-state index in [0.717, 1.165) is 0 Å². The molecule has 5 nitrogen and oxygen atoms in total. The highest BCUT2D eigenvalue weighted by Gasteiger charge is 2.38. The molecule has 11 heteroatoms. The monoisotopic (exact) mass is 346 g/mol. The van der Waals surface area contributed by atoms with Gasteiger partial charge in [-0.1, -0.05) is 0 Å². The lowest BCUT2D eigenvalue weighted by Crippen LogP contribution is -2.23. The van der Waals surface area contributed by atoms with E-state index in [-0.39, 0.29) is 12.2 Å². The van der Waals surface area contributed by atoms with Gasteiger partial charge in [-0.25, -0.2) is 4.98 Å². The molecule has 0 spiro atoms. The highest BCUT2D eigenvalue weighted by Crippen LogP contribution is 2.34. The molecule has 0 aliphatic heterocycles. The summed E-state index contributed by atoms with van der Waals surface area (Å²) in [7, 11) is 0. The summed E-state index contributed by atoms with van der Waals surface area (Å²) in [4.78, 5) is 14.3. The number of carbonyl (C=O) groups is 1. The van der Waals surface area contributed by atoms with Crippen LogP contribution in [0.3, 0.4) is 0 Å². The molecule has 0 saturated carbocycles. The van der Waals surface area contributed by atoms with Crippen molar-refractivity contribution in [2.24, 2.45) is 5.73 Å². The Labute approximate surface area is 126 Å². The molecule has 23 heavy (non-hydrogen) atoms. The van der Waals surface area contributed by atoms with E-state index in [1.165, 1.54) is 6.92 Å². The molecule has 0 saturated heterocycles. The van der Waals surface area contributed by atoms with Gasteiger partial charge < -0.3 is 15.2 Å². The number of alkyl halides is 6. The summed E-state index contributed by atoms with van der Waals surface area (Å²) >= 11 is 0. The van der Waals surface area contributed by atoms with Crippen molar-refractivity contribution in [2.45, 2.75) is 32.4 Å². The van der Waals surface area contributed by atoms with Crippen LogP contribution >= 0.6 is 0 Å². The van der Waals surface area contributed by atoms with Crippen molar-refractivity contribution >= 4 is 5.97 Å². The molecule has 0 aliphatic rings. The second kappa shape index (κ2) is 7.02. The summed E-state index contributed by atoms with van der Waals surface area (Å²) in [5.41, 5.74) is 2.80. The molecule has 0 bridgehead atoms. The third-order valence-electron chi connectivity index (χ3n) is 2.53. The molecule has 130 valence electrons. The van der Waals surface area contributed by atoms with Gasteiger partial charge in [0.2, 0.25) is 5.88 Å². The van der Waals surface area contributed by atoms with Crippen LogP contribution in [0.4, 0.5) is 26.3 Å². The van der Waals surface area contributed by atoms with Gasteiger partial charge in [-0.05, 0) is 18.6 Å². The molecule has 1 aromatic heterocycles. The lowest BCUT2D eigenvalue weighted by molar-refractivity contribution is -0.276. The second-order valence-electron chi connectivity index (χ2n) is 4.18. The molecule has 0 fully saturated rings. The topological polar surface area (TPSA) is 74.4 Å². The van der Waals surface area contributed by atoms with Gasteiger partial charge in [0, 0.05) is 12.1 Å². The van der Waals surface area contributed by atoms with Gasteiger partial charge in [0.05, 0.1) is 13.0 Å². The van der Waals surface area contributed by atoms with Crippen molar-refractivity contribution in [3.63, 3.8) is 0 Å². The lowest BCUT2D eigenvalue weighted by Gasteiger charge is -2.17. The zero-order valence-electron chi connectivity index (χ0n) is 11.7. The summed E-state index contributed by atoms with van der Waals surface area (Å²) < 4.78 is 83.3. The average Bonchev–Trinajstić information content (AvgIpc) is 2.37. The first-order valence-electron chi connectivity index (χ1n) is 6.19. The van der Waals surface area contributed by atoms with Crippen LogP contribution in [0.1, 0.15) is 23.7 Å². The van der Waals surface area contributed by atoms with Crippen LogP contribution in [0.15, 0.2) is 6.07 Å². The van der Waals surface area contributed by atoms with Crippen LogP contribution in [-0.2, 0) is 28.7 Å². The Hall–Kier alpha value is -2.04. The maximum atomic E-state index is 12.7. The van der Waals surface area contributed by atoms with Crippen LogP contribution in [0, 0.1) is 0 Å². The average molecular weight is 346 g/mol. The van der Waals surface area contributed by atoms with E-state index in [9.17, 15) is 31.1 Å². The molecule has 1 heterocycles. The summed E-state index contributed by atoms with van der Waals surface area (Å²) in [5.74, 6) is -2.32. The predicted octanol–water partition coefficient (Wildman–Crippen LogP) is 2.56. The number of rotatable bonds is 5. The molecule has 0 unspecified atom stereocenters. The highest BCUT2D eigenvalue weighted by atomic mass is 19.4. The van der Waals surface area contributed by atoms with Crippen molar-refractivity contribution in [3.8, 4) is 5.88 Å². The molecule has 0 radical (unpaired) electrons. The molecule has 1 aromatic rings. The fourth-order valence-corrected chi connectivity index (χ4v) is 1.67. The fourth-order valence-electron chi connectivity index (χ4n) is 1.67. The molecule has 0 aliphatic carbocycles. The van der Waals surface area contributed by atoms with Gasteiger partial charge in [0.15, 0.2) is 0 Å². The number of pyridine rings is 1. The van der Waals surface area contributed by atoms with Crippen molar-refractivity contribution in [1.82, 2.24) is 4.98 Å². The zero-order chi connectivity index (χ0) is 17.8. The Kier molecular flexibility index (Phi) is 5.81. The van der Waals surface area contributed by atoms with Crippen molar-refractivity contribution in [3.05, 3.63) is 22.9 Å². The first-order chi connectivity index (χ1) is 10.5. The summed E-state index contributed by atoms with van der Waals surface area (Å²) in [6.07, 6.45) is -11.0. The minimum Gasteiger partial charge on any atom is -0.466 e. The van der Waals surface area contributed by atoms with E-state index >= 15 is 0 Å². The van der Waals surface area contributed by atoms with E-state index in [2.05, 4.69) is 14.5 Å². The maximum absolute atomic E-state index is 12.7. The highest BCUT2D eigenvalue weighted by molar-refractivity contribution is 5.74. The Morgan fingerprint density at radius 3 is 2.30 bits per heavy atom. The van der Waals surface area contributed by atoms with Gasteiger partial charge in [-0.2, -0.15) is 13.2 Å². The van der Waals surface area contributed by atoms with Crippen molar-refractivity contribution < 1.29 is 40.6 Å². The minimum absolute atomic E-state index is 0.0552. The molecule has 0 amide bonds. The molecule has 1 rings (SSSR count). The van der Waals surface area contributed by atoms with Crippen LogP contribution in [0.25, 0.3) is 0 Å². The number of nitrogens with zero attached hydrogens (tertiary/aromatic N) is 1. The molecular formula is C12H12F6N2O3. The van der Waals surface area contributed by atoms with Crippen LogP contribution in [-0.4, -0.2) is 23.9 Å². The largest absolute Gasteiger partial charge is 0.574 e. The second-order valence-corrected chi connectivity index (χ2v) is 4.18. The molecular weight excluding hydrogens is 334 g/mol. The molecule has 0 atom stereocenters. The number of aromatic nitrogens is 1. The number of esters is 1. The maximum Gasteiger partial charge on any atom is 0.574 e. The first-order valence-corrected chi connectivity index (χ1v) is 6.19. The van der Waals surface area contributed by atoms with E-state index in [1.807, 2.05) is 0 Å². The SMILES string of the molecule is CCOC(=O)Cc1c(CN)cc(C(F)(F)F)nc1OC(F)(F)F. The van der Waals surface area contributed by atoms with Crippen LogP contribution in [0.5, 0.6) is 5.88 Å².